The summed E-state index contributed by atoms with van der Waals surface area (Å²) in [5.74, 6) is -0.596. The summed E-state index contributed by atoms with van der Waals surface area (Å²) >= 11 is 7.03. The zero-order valence-electron chi connectivity index (χ0n) is 10.9. The van der Waals surface area contributed by atoms with Crippen LogP contribution in [0.4, 0.5) is 11.4 Å². The zero-order valence-corrected chi connectivity index (χ0v) is 12.5. The summed E-state index contributed by atoms with van der Waals surface area (Å²) in [6.45, 7) is 0. The lowest BCUT2D eigenvalue weighted by molar-refractivity contribution is -0.384. The van der Waals surface area contributed by atoms with Crippen molar-refractivity contribution in [1.82, 2.24) is 0 Å². The number of nitro groups is 1. The summed E-state index contributed by atoms with van der Waals surface area (Å²) in [5.41, 5.74) is 0.195. The van der Waals surface area contributed by atoms with Crippen molar-refractivity contribution < 1.29 is 9.72 Å². The zero-order chi connectivity index (χ0) is 16.1. The third kappa shape index (κ3) is 3.91. The number of nitriles is 1. The summed E-state index contributed by atoms with van der Waals surface area (Å²) in [6.07, 6.45) is 1.43. The first-order chi connectivity index (χ1) is 10.5. The van der Waals surface area contributed by atoms with E-state index in [2.05, 4.69) is 5.32 Å². The fourth-order valence-electron chi connectivity index (χ4n) is 1.56. The lowest BCUT2D eigenvalue weighted by Crippen LogP contribution is -2.13. The molecule has 110 valence electrons. The van der Waals surface area contributed by atoms with Crippen molar-refractivity contribution in [2.24, 2.45) is 0 Å². The van der Waals surface area contributed by atoms with Gasteiger partial charge in [-0.2, -0.15) is 5.26 Å². The third-order valence-electron chi connectivity index (χ3n) is 2.58. The van der Waals surface area contributed by atoms with Gasteiger partial charge in [0.1, 0.15) is 11.6 Å². The fraction of sp³-hybridized carbons (Fsp3) is 0. The van der Waals surface area contributed by atoms with Crippen LogP contribution in [-0.2, 0) is 4.79 Å². The third-order valence-corrected chi connectivity index (χ3v) is 3.76. The normalized spacial score (nSPS) is 10.8. The molecule has 6 nitrogen and oxygen atoms in total. The van der Waals surface area contributed by atoms with Crippen molar-refractivity contribution in [1.29, 1.82) is 5.26 Å². The van der Waals surface area contributed by atoms with Gasteiger partial charge in [-0.25, -0.2) is 0 Å². The van der Waals surface area contributed by atoms with E-state index in [4.69, 9.17) is 16.9 Å². The predicted molar refractivity (Wildman–Crippen MR) is 84.6 cm³/mol. The van der Waals surface area contributed by atoms with Gasteiger partial charge in [-0.05, 0) is 30.3 Å². The molecule has 0 aliphatic heterocycles. The first kappa shape index (κ1) is 15.7. The van der Waals surface area contributed by atoms with Gasteiger partial charge in [-0.15, -0.1) is 11.3 Å². The molecule has 1 aromatic heterocycles. The predicted octanol–water partition coefficient (Wildman–Crippen LogP) is 3.86. The number of carbonyl (C=O) groups is 1. The quantitative estimate of drug-likeness (QED) is 0.397. The number of benzene rings is 1. The Kier molecular flexibility index (Phi) is 4.88. The van der Waals surface area contributed by atoms with E-state index >= 15 is 0 Å². The number of hydrogen-bond acceptors (Lipinski definition) is 5. The van der Waals surface area contributed by atoms with Crippen molar-refractivity contribution >= 4 is 46.3 Å². The maximum atomic E-state index is 12.0. The maximum absolute atomic E-state index is 12.0. The maximum Gasteiger partial charge on any atom is 0.269 e. The Balaban J connectivity index is 2.14. The smallest absolute Gasteiger partial charge is 0.269 e. The molecule has 0 fully saturated rings. The minimum Gasteiger partial charge on any atom is -0.321 e. The molecular weight excluding hydrogens is 326 g/mol. The van der Waals surface area contributed by atoms with Crippen molar-refractivity contribution in [2.45, 2.75) is 0 Å². The SMILES string of the molecule is N#CC(=Cc1ccc(Cl)s1)C(=O)Nc1ccc([N+](=O)[O-])cc1. The van der Waals surface area contributed by atoms with Crippen LogP contribution in [0.5, 0.6) is 0 Å². The summed E-state index contributed by atoms with van der Waals surface area (Å²) in [7, 11) is 0. The standard InChI is InChI=1S/C14H8ClN3O3S/c15-13-6-5-12(22-13)7-9(8-16)14(19)17-10-1-3-11(4-2-10)18(20)21/h1-7H,(H,17,19). The molecule has 0 atom stereocenters. The van der Waals surface area contributed by atoms with Gasteiger partial charge in [0.2, 0.25) is 0 Å². The van der Waals surface area contributed by atoms with Crippen LogP contribution < -0.4 is 5.32 Å². The van der Waals surface area contributed by atoms with Crippen LogP contribution in [0.25, 0.3) is 6.08 Å². The van der Waals surface area contributed by atoms with E-state index in [9.17, 15) is 14.9 Å². The molecule has 0 saturated heterocycles. The minimum absolute atomic E-state index is 0.0812. The van der Waals surface area contributed by atoms with E-state index in [-0.39, 0.29) is 11.3 Å². The molecule has 2 rings (SSSR count). The number of anilines is 1. The van der Waals surface area contributed by atoms with Crippen LogP contribution in [0.2, 0.25) is 4.34 Å². The number of carbonyl (C=O) groups excluding carboxylic acids is 1. The molecule has 0 saturated carbocycles. The number of nitro benzene ring substituents is 1. The Bertz CT molecular complexity index is 790. The summed E-state index contributed by atoms with van der Waals surface area (Å²) in [5, 5.41) is 22.1. The van der Waals surface area contributed by atoms with Gasteiger partial charge < -0.3 is 5.32 Å². The second kappa shape index (κ2) is 6.85. The number of nitrogens with zero attached hydrogens (tertiary/aromatic N) is 2. The molecule has 1 aromatic carbocycles. The van der Waals surface area contributed by atoms with Crippen molar-refractivity contribution in [3.8, 4) is 6.07 Å². The Hall–Kier alpha value is -2.69. The number of thiophene rings is 1. The molecule has 0 aliphatic carbocycles. The van der Waals surface area contributed by atoms with Crippen LogP contribution in [0.3, 0.4) is 0 Å². The van der Waals surface area contributed by atoms with E-state index < -0.39 is 10.8 Å². The average Bonchev–Trinajstić information content (AvgIpc) is 2.90. The highest BCUT2D eigenvalue weighted by Crippen LogP contribution is 2.24. The van der Waals surface area contributed by atoms with Crippen LogP contribution in [0.1, 0.15) is 4.88 Å². The monoisotopic (exact) mass is 333 g/mol. The van der Waals surface area contributed by atoms with E-state index in [0.717, 1.165) is 0 Å². The van der Waals surface area contributed by atoms with Crippen molar-refractivity contribution in [2.75, 3.05) is 5.32 Å². The summed E-state index contributed by atoms with van der Waals surface area (Å²) < 4.78 is 0.555. The molecule has 1 heterocycles. The van der Waals surface area contributed by atoms with Gasteiger partial charge in [-0.3, -0.25) is 14.9 Å². The Morgan fingerprint density at radius 1 is 1.32 bits per heavy atom. The van der Waals surface area contributed by atoms with E-state index in [1.807, 2.05) is 6.07 Å². The number of rotatable bonds is 4. The molecule has 0 unspecified atom stereocenters. The number of halogens is 1. The Morgan fingerprint density at radius 3 is 2.50 bits per heavy atom. The lowest BCUT2D eigenvalue weighted by Gasteiger charge is -2.03. The molecule has 1 amide bonds. The van der Waals surface area contributed by atoms with Crippen molar-refractivity contribution in [3.63, 3.8) is 0 Å². The van der Waals surface area contributed by atoms with Gasteiger partial charge in [0.25, 0.3) is 11.6 Å². The first-order valence-corrected chi connectivity index (χ1v) is 7.12. The number of non-ortho nitro benzene ring substituents is 1. The van der Waals surface area contributed by atoms with Crippen LogP contribution in [0, 0.1) is 21.4 Å². The highest BCUT2D eigenvalue weighted by Gasteiger charge is 2.11. The van der Waals surface area contributed by atoms with Gasteiger partial charge in [0, 0.05) is 22.7 Å². The molecule has 0 bridgehead atoms. The molecule has 0 radical (unpaired) electrons. The van der Waals surface area contributed by atoms with E-state index in [1.165, 1.54) is 41.7 Å². The molecule has 8 heteroatoms. The highest BCUT2D eigenvalue weighted by molar-refractivity contribution is 7.17. The molecule has 0 spiro atoms. The Morgan fingerprint density at radius 2 is 2.00 bits per heavy atom. The molecule has 1 N–H and O–H groups in total. The van der Waals surface area contributed by atoms with Gasteiger partial charge in [-0.1, -0.05) is 11.6 Å². The van der Waals surface area contributed by atoms with E-state index in [0.29, 0.717) is 14.9 Å². The average molecular weight is 334 g/mol. The molecular formula is C14H8ClN3O3S. The topological polar surface area (TPSA) is 96.0 Å². The van der Waals surface area contributed by atoms with Gasteiger partial charge in [0.05, 0.1) is 9.26 Å². The van der Waals surface area contributed by atoms with Gasteiger partial charge >= 0.3 is 0 Å². The second-order valence-corrected chi connectivity index (χ2v) is 5.82. The second-order valence-electron chi connectivity index (χ2n) is 4.07. The largest absolute Gasteiger partial charge is 0.321 e. The fourth-order valence-corrected chi connectivity index (χ4v) is 2.57. The number of nitrogens with one attached hydrogen (secondary N) is 1. The Labute approximate surface area is 134 Å². The van der Waals surface area contributed by atoms with Gasteiger partial charge in [0.15, 0.2) is 0 Å². The number of amides is 1. The lowest BCUT2D eigenvalue weighted by atomic mass is 10.2. The summed E-state index contributed by atoms with van der Waals surface area (Å²) in [6, 6.07) is 10.5. The highest BCUT2D eigenvalue weighted by atomic mass is 35.5. The van der Waals surface area contributed by atoms with E-state index in [1.54, 1.807) is 12.1 Å². The molecule has 2 aromatic rings. The van der Waals surface area contributed by atoms with Crippen LogP contribution in [-0.4, -0.2) is 10.8 Å². The van der Waals surface area contributed by atoms with Crippen molar-refractivity contribution in [3.05, 3.63) is 61.3 Å². The van der Waals surface area contributed by atoms with Crippen LogP contribution in [0.15, 0.2) is 42.0 Å². The first-order valence-electron chi connectivity index (χ1n) is 5.92. The minimum atomic E-state index is -0.596. The molecule has 0 aliphatic rings. The molecule has 22 heavy (non-hydrogen) atoms. The number of hydrogen-bond donors (Lipinski definition) is 1. The summed E-state index contributed by atoms with van der Waals surface area (Å²) in [4.78, 5) is 22.7. The van der Waals surface area contributed by atoms with Crippen LogP contribution >= 0.6 is 22.9 Å².